The summed E-state index contributed by atoms with van der Waals surface area (Å²) in [6, 6.07) is 9.47. The number of rotatable bonds is 3. The molecule has 2 aromatic carbocycles. The Labute approximate surface area is 176 Å². The first-order valence-electron chi connectivity index (χ1n) is 9.96. The maximum absolute atomic E-state index is 12.8. The smallest absolute Gasteiger partial charge is 0.255 e. The zero-order chi connectivity index (χ0) is 20.4. The van der Waals surface area contributed by atoms with Gasteiger partial charge in [-0.3, -0.25) is 4.79 Å². The van der Waals surface area contributed by atoms with Gasteiger partial charge in [0.15, 0.2) is 11.5 Å². The molecule has 154 valence electrons. The van der Waals surface area contributed by atoms with Gasteiger partial charge in [-0.1, -0.05) is 11.6 Å². The average molecular weight is 416 g/mol. The Bertz CT molecular complexity index is 910. The number of fused-ring (bicyclic) bond motifs is 1. The van der Waals surface area contributed by atoms with Gasteiger partial charge in [-0.05, 0) is 49.9 Å². The minimum Gasteiger partial charge on any atom is -0.489 e. The van der Waals surface area contributed by atoms with E-state index in [0.717, 1.165) is 43.9 Å². The number of anilines is 2. The Morgan fingerprint density at radius 3 is 2.59 bits per heavy atom. The van der Waals surface area contributed by atoms with E-state index in [9.17, 15) is 4.79 Å². The summed E-state index contributed by atoms with van der Waals surface area (Å²) in [5, 5.41) is 3.38. The Hall–Kier alpha value is -2.44. The van der Waals surface area contributed by atoms with Crippen LogP contribution in [0.1, 0.15) is 22.3 Å². The Kier molecular flexibility index (Phi) is 5.83. The number of hydrogen-bond acceptors (Lipinski definition) is 5. The first kappa shape index (κ1) is 19.9. The molecule has 6 nitrogen and oxygen atoms in total. The van der Waals surface area contributed by atoms with Crippen molar-refractivity contribution in [2.24, 2.45) is 0 Å². The van der Waals surface area contributed by atoms with Crippen LogP contribution < -0.4 is 19.7 Å². The molecule has 0 atom stereocenters. The number of carbonyl (C=O) groups is 1. The highest BCUT2D eigenvalue weighted by molar-refractivity contribution is 6.32. The van der Waals surface area contributed by atoms with Gasteiger partial charge >= 0.3 is 0 Å². The van der Waals surface area contributed by atoms with Crippen molar-refractivity contribution in [1.29, 1.82) is 0 Å². The van der Waals surface area contributed by atoms with E-state index in [4.69, 9.17) is 21.1 Å². The van der Waals surface area contributed by atoms with E-state index >= 15 is 0 Å². The van der Waals surface area contributed by atoms with Gasteiger partial charge < -0.3 is 24.6 Å². The second-order valence-electron chi connectivity index (χ2n) is 7.58. The van der Waals surface area contributed by atoms with Crippen LogP contribution in [0.3, 0.4) is 0 Å². The fraction of sp³-hybridized carbons (Fsp3) is 0.409. The summed E-state index contributed by atoms with van der Waals surface area (Å²) < 4.78 is 11.3. The molecule has 0 radical (unpaired) electrons. The van der Waals surface area contributed by atoms with Gasteiger partial charge in [0.1, 0.15) is 0 Å². The highest BCUT2D eigenvalue weighted by atomic mass is 35.5. The molecule has 0 spiro atoms. The standard InChI is InChI=1S/C22H26ClN3O3/c1-15-12-17(26-8-6-25(2)7-9-26)4-5-19(15)24-22(27)16-13-18(23)21-20(14-16)28-10-3-11-29-21/h4-5,12-14H,3,6-11H2,1-2H3,(H,24,27). The second kappa shape index (κ2) is 8.51. The van der Waals surface area contributed by atoms with Crippen LogP contribution in [-0.4, -0.2) is 57.2 Å². The largest absolute Gasteiger partial charge is 0.489 e. The van der Waals surface area contributed by atoms with Crippen LogP contribution >= 0.6 is 11.6 Å². The van der Waals surface area contributed by atoms with Crippen LogP contribution in [0.5, 0.6) is 11.5 Å². The molecule has 2 aliphatic heterocycles. The first-order chi connectivity index (χ1) is 14.0. The molecular formula is C22H26ClN3O3. The average Bonchev–Trinajstić information content (AvgIpc) is 2.96. The quantitative estimate of drug-likeness (QED) is 0.826. The number of amides is 1. The number of piperazine rings is 1. The summed E-state index contributed by atoms with van der Waals surface area (Å²) in [6.45, 7) is 7.24. The number of nitrogens with zero attached hydrogens (tertiary/aromatic N) is 2. The van der Waals surface area contributed by atoms with E-state index in [1.165, 1.54) is 5.69 Å². The Balaban J connectivity index is 1.50. The molecule has 4 rings (SSSR count). The normalized spacial score (nSPS) is 17.0. The molecule has 0 unspecified atom stereocenters. The van der Waals surface area contributed by atoms with Crippen LogP contribution in [-0.2, 0) is 0 Å². The third-order valence-electron chi connectivity index (χ3n) is 5.39. The third-order valence-corrected chi connectivity index (χ3v) is 5.67. The molecule has 29 heavy (non-hydrogen) atoms. The SMILES string of the molecule is Cc1cc(N2CCN(C)CC2)ccc1NC(=O)c1cc(Cl)c2c(c1)OCCCO2. The van der Waals surface area contributed by atoms with E-state index in [1.54, 1.807) is 12.1 Å². The number of aryl methyl sites for hydroxylation is 1. The number of likely N-dealkylation sites (N-methyl/N-ethyl adjacent to an activating group) is 1. The monoisotopic (exact) mass is 415 g/mol. The fourth-order valence-electron chi connectivity index (χ4n) is 3.61. The summed E-state index contributed by atoms with van der Waals surface area (Å²) in [5.41, 5.74) is 3.44. The lowest BCUT2D eigenvalue weighted by Gasteiger charge is -2.34. The lowest BCUT2D eigenvalue weighted by molar-refractivity contribution is 0.102. The highest BCUT2D eigenvalue weighted by Gasteiger charge is 2.19. The van der Waals surface area contributed by atoms with E-state index in [2.05, 4.69) is 34.3 Å². The molecule has 0 saturated carbocycles. The maximum Gasteiger partial charge on any atom is 0.255 e. The number of halogens is 1. The van der Waals surface area contributed by atoms with Crippen molar-refractivity contribution >= 4 is 28.9 Å². The molecular weight excluding hydrogens is 390 g/mol. The van der Waals surface area contributed by atoms with Crippen molar-refractivity contribution < 1.29 is 14.3 Å². The van der Waals surface area contributed by atoms with Crippen molar-refractivity contribution in [3.05, 3.63) is 46.5 Å². The lowest BCUT2D eigenvalue weighted by atomic mass is 10.1. The van der Waals surface area contributed by atoms with E-state index in [-0.39, 0.29) is 5.91 Å². The van der Waals surface area contributed by atoms with Gasteiger partial charge in [0.2, 0.25) is 0 Å². The Morgan fingerprint density at radius 2 is 1.83 bits per heavy atom. The van der Waals surface area contributed by atoms with Crippen molar-refractivity contribution in [1.82, 2.24) is 4.90 Å². The molecule has 1 saturated heterocycles. The predicted octanol–water partition coefficient (Wildman–Crippen LogP) is 3.81. The maximum atomic E-state index is 12.8. The third kappa shape index (κ3) is 4.43. The van der Waals surface area contributed by atoms with E-state index < -0.39 is 0 Å². The van der Waals surface area contributed by atoms with Gasteiger partial charge in [-0.25, -0.2) is 0 Å². The summed E-state index contributed by atoms with van der Waals surface area (Å²) in [4.78, 5) is 17.5. The van der Waals surface area contributed by atoms with Gasteiger partial charge in [0, 0.05) is 49.5 Å². The van der Waals surface area contributed by atoms with Gasteiger partial charge in [-0.2, -0.15) is 0 Å². The van der Waals surface area contributed by atoms with Crippen LogP contribution in [0.2, 0.25) is 5.02 Å². The Morgan fingerprint density at radius 1 is 1.07 bits per heavy atom. The molecule has 7 heteroatoms. The number of hydrogen-bond donors (Lipinski definition) is 1. The molecule has 0 aliphatic carbocycles. The van der Waals surface area contributed by atoms with Crippen LogP contribution in [0.15, 0.2) is 30.3 Å². The van der Waals surface area contributed by atoms with E-state index in [1.807, 2.05) is 13.0 Å². The number of benzene rings is 2. The summed E-state index contributed by atoms with van der Waals surface area (Å²) >= 11 is 6.32. The molecule has 0 aromatic heterocycles. The molecule has 2 aromatic rings. The van der Waals surface area contributed by atoms with Crippen LogP contribution in [0.4, 0.5) is 11.4 Å². The van der Waals surface area contributed by atoms with Crippen molar-refractivity contribution in [3.63, 3.8) is 0 Å². The summed E-state index contributed by atoms with van der Waals surface area (Å²) in [5.74, 6) is 0.800. The van der Waals surface area contributed by atoms with Crippen molar-refractivity contribution in [3.8, 4) is 11.5 Å². The zero-order valence-corrected chi connectivity index (χ0v) is 17.6. The minimum atomic E-state index is -0.224. The highest BCUT2D eigenvalue weighted by Crippen LogP contribution is 2.38. The zero-order valence-electron chi connectivity index (χ0n) is 16.8. The molecule has 1 fully saturated rings. The summed E-state index contributed by atoms with van der Waals surface area (Å²) in [6.07, 6.45) is 0.783. The van der Waals surface area contributed by atoms with Crippen molar-refractivity contribution in [2.45, 2.75) is 13.3 Å². The minimum absolute atomic E-state index is 0.224. The number of ether oxygens (including phenoxy) is 2. The molecule has 2 heterocycles. The molecule has 2 aliphatic rings. The van der Waals surface area contributed by atoms with E-state index in [0.29, 0.717) is 35.3 Å². The van der Waals surface area contributed by atoms with Gasteiger partial charge in [0.05, 0.1) is 18.2 Å². The lowest BCUT2D eigenvalue weighted by Crippen LogP contribution is -2.44. The molecule has 1 amide bonds. The number of carbonyl (C=O) groups excluding carboxylic acids is 1. The number of nitrogens with one attached hydrogen (secondary N) is 1. The molecule has 0 bridgehead atoms. The van der Waals surface area contributed by atoms with Gasteiger partial charge in [0.25, 0.3) is 5.91 Å². The summed E-state index contributed by atoms with van der Waals surface area (Å²) in [7, 11) is 2.15. The topological polar surface area (TPSA) is 54.0 Å². The predicted molar refractivity (Wildman–Crippen MR) is 116 cm³/mol. The first-order valence-corrected chi connectivity index (χ1v) is 10.3. The fourth-order valence-corrected chi connectivity index (χ4v) is 3.87. The van der Waals surface area contributed by atoms with Crippen LogP contribution in [0.25, 0.3) is 0 Å². The second-order valence-corrected chi connectivity index (χ2v) is 7.99. The van der Waals surface area contributed by atoms with Crippen LogP contribution in [0, 0.1) is 6.92 Å². The van der Waals surface area contributed by atoms with Gasteiger partial charge in [-0.15, -0.1) is 0 Å². The van der Waals surface area contributed by atoms with Crippen molar-refractivity contribution in [2.75, 3.05) is 56.7 Å². The molecule has 1 N–H and O–H groups in total.